The van der Waals surface area contributed by atoms with Crippen LogP contribution in [0.3, 0.4) is 0 Å². The Bertz CT molecular complexity index is 263. The fourth-order valence-corrected chi connectivity index (χ4v) is 2.38. The molecule has 0 saturated heterocycles. The third-order valence-corrected chi connectivity index (χ3v) is 3.65. The summed E-state index contributed by atoms with van der Waals surface area (Å²) in [6.07, 6.45) is 7.70. The maximum atomic E-state index is 5.86. The Morgan fingerprint density at radius 3 is 2.55 bits per heavy atom. The Kier molecular flexibility index (Phi) is 11.6. The maximum Gasteiger partial charge on any atom is 0.188 e. The Morgan fingerprint density at radius 1 is 1.30 bits per heavy atom. The topological polar surface area (TPSA) is 53.6 Å². The van der Waals surface area contributed by atoms with Gasteiger partial charge in [-0.15, -0.1) is 24.0 Å². The van der Waals surface area contributed by atoms with E-state index in [4.69, 9.17) is 5.73 Å². The van der Waals surface area contributed by atoms with E-state index in [9.17, 15) is 0 Å². The zero-order valence-electron chi connectivity index (χ0n) is 13.4. The Morgan fingerprint density at radius 2 is 2.00 bits per heavy atom. The molecule has 0 atom stereocenters. The number of rotatable bonds is 10. The molecule has 0 aromatic rings. The summed E-state index contributed by atoms with van der Waals surface area (Å²) in [5.74, 6) is 0.607. The van der Waals surface area contributed by atoms with Gasteiger partial charge in [0.15, 0.2) is 5.96 Å². The summed E-state index contributed by atoms with van der Waals surface area (Å²) in [5.41, 5.74) is 5.86. The van der Waals surface area contributed by atoms with Crippen LogP contribution in [-0.2, 0) is 0 Å². The van der Waals surface area contributed by atoms with Crippen LogP contribution >= 0.6 is 24.0 Å². The zero-order valence-corrected chi connectivity index (χ0v) is 15.7. The molecule has 0 aromatic heterocycles. The van der Waals surface area contributed by atoms with Crippen molar-refractivity contribution in [2.24, 2.45) is 10.7 Å². The molecule has 0 aromatic carbocycles. The molecule has 0 bridgehead atoms. The van der Waals surface area contributed by atoms with E-state index in [-0.39, 0.29) is 24.0 Å². The highest BCUT2D eigenvalue weighted by molar-refractivity contribution is 14.0. The van der Waals surface area contributed by atoms with Crippen LogP contribution in [0, 0.1) is 0 Å². The summed E-state index contributed by atoms with van der Waals surface area (Å²) < 4.78 is 0. The maximum absolute atomic E-state index is 5.86. The molecule has 0 amide bonds. The molecule has 1 aliphatic rings. The van der Waals surface area contributed by atoms with Gasteiger partial charge >= 0.3 is 0 Å². The van der Waals surface area contributed by atoms with Crippen molar-refractivity contribution in [2.75, 3.05) is 19.6 Å². The minimum absolute atomic E-state index is 0. The zero-order chi connectivity index (χ0) is 14.1. The molecule has 120 valence electrons. The molecule has 20 heavy (non-hydrogen) atoms. The van der Waals surface area contributed by atoms with Crippen LogP contribution in [0.4, 0.5) is 0 Å². The summed E-state index contributed by atoms with van der Waals surface area (Å²) in [6, 6.07) is 1.44. The van der Waals surface area contributed by atoms with Gasteiger partial charge in [0.25, 0.3) is 0 Å². The number of aliphatic imine (C=N–C) groups is 1. The Balaban J connectivity index is 0.00000361. The first-order valence-electron chi connectivity index (χ1n) is 7.94. The lowest BCUT2D eigenvalue weighted by molar-refractivity contribution is 0.215. The van der Waals surface area contributed by atoms with Crippen LogP contribution in [0.5, 0.6) is 0 Å². The number of unbranched alkanes of at least 4 members (excludes halogenated alkanes) is 3. The number of guanidine groups is 1. The van der Waals surface area contributed by atoms with Crippen molar-refractivity contribution < 1.29 is 0 Å². The predicted molar refractivity (Wildman–Crippen MR) is 98.9 cm³/mol. The fraction of sp³-hybridized carbons (Fsp3) is 0.933. The molecule has 0 spiro atoms. The molecule has 1 fully saturated rings. The summed E-state index contributed by atoms with van der Waals surface area (Å²) in [4.78, 5) is 6.92. The molecular formula is C15H33IN4. The first-order chi connectivity index (χ1) is 9.15. The van der Waals surface area contributed by atoms with Gasteiger partial charge in [0.2, 0.25) is 0 Å². The van der Waals surface area contributed by atoms with E-state index in [1.54, 1.807) is 0 Å². The van der Waals surface area contributed by atoms with Gasteiger partial charge in [-0.1, -0.05) is 26.2 Å². The second kappa shape index (κ2) is 11.6. The van der Waals surface area contributed by atoms with Gasteiger partial charge in [0.1, 0.15) is 0 Å². The quantitative estimate of drug-likeness (QED) is 0.258. The highest BCUT2D eigenvalue weighted by atomic mass is 127. The average Bonchev–Trinajstić information content (AvgIpc) is 3.18. The molecule has 3 N–H and O–H groups in total. The van der Waals surface area contributed by atoms with Crippen molar-refractivity contribution in [3.05, 3.63) is 0 Å². The lowest BCUT2D eigenvalue weighted by Crippen LogP contribution is -2.42. The minimum atomic E-state index is 0. The lowest BCUT2D eigenvalue weighted by atomic mass is 10.2. The predicted octanol–water partition coefficient (Wildman–Crippen LogP) is 2.96. The first kappa shape index (κ1) is 20.0. The van der Waals surface area contributed by atoms with Crippen molar-refractivity contribution in [3.8, 4) is 0 Å². The largest absolute Gasteiger partial charge is 0.370 e. The smallest absolute Gasteiger partial charge is 0.188 e. The molecule has 5 heteroatoms. The normalized spacial score (nSPS) is 15.6. The molecule has 1 saturated carbocycles. The van der Waals surface area contributed by atoms with Gasteiger partial charge < -0.3 is 11.1 Å². The second-order valence-electron chi connectivity index (χ2n) is 5.82. The number of nitrogens with two attached hydrogens (primary N) is 1. The second-order valence-corrected chi connectivity index (χ2v) is 5.82. The number of hydrogen-bond donors (Lipinski definition) is 2. The van der Waals surface area contributed by atoms with E-state index >= 15 is 0 Å². The van der Waals surface area contributed by atoms with Crippen LogP contribution in [0.15, 0.2) is 4.99 Å². The van der Waals surface area contributed by atoms with Gasteiger partial charge in [0.05, 0.1) is 0 Å². The van der Waals surface area contributed by atoms with E-state index in [0.717, 1.165) is 32.1 Å². The summed E-state index contributed by atoms with van der Waals surface area (Å²) in [6.45, 7) is 9.58. The average molecular weight is 396 g/mol. The third-order valence-electron chi connectivity index (χ3n) is 3.65. The molecule has 1 aliphatic carbocycles. The molecule has 1 rings (SSSR count). The molecule has 0 radical (unpaired) electrons. The van der Waals surface area contributed by atoms with Gasteiger partial charge in [0, 0.05) is 31.7 Å². The molecule has 0 aliphatic heterocycles. The summed E-state index contributed by atoms with van der Waals surface area (Å²) in [7, 11) is 0. The number of nitrogens with zero attached hydrogens (tertiary/aromatic N) is 2. The van der Waals surface area contributed by atoms with Crippen molar-refractivity contribution >= 4 is 29.9 Å². The van der Waals surface area contributed by atoms with Crippen molar-refractivity contribution in [1.82, 2.24) is 10.2 Å². The SMILES string of the molecule is CCCCCCN=C(N)NCCN(C(C)C)C1CC1.I. The van der Waals surface area contributed by atoms with E-state index in [2.05, 4.69) is 36.0 Å². The summed E-state index contributed by atoms with van der Waals surface area (Å²) >= 11 is 0. The highest BCUT2D eigenvalue weighted by Gasteiger charge is 2.29. The van der Waals surface area contributed by atoms with E-state index < -0.39 is 0 Å². The van der Waals surface area contributed by atoms with E-state index in [1.165, 1.54) is 32.1 Å². The fourth-order valence-electron chi connectivity index (χ4n) is 2.38. The van der Waals surface area contributed by atoms with Gasteiger partial charge in [-0.2, -0.15) is 0 Å². The van der Waals surface area contributed by atoms with Crippen molar-refractivity contribution in [3.63, 3.8) is 0 Å². The van der Waals surface area contributed by atoms with E-state index in [0.29, 0.717) is 12.0 Å². The van der Waals surface area contributed by atoms with E-state index in [1.807, 2.05) is 0 Å². The van der Waals surface area contributed by atoms with Crippen molar-refractivity contribution in [2.45, 2.75) is 71.4 Å². The number of halogens is 1. The molecular weight excluding hydrogens is 363 g/mol. The molecule has 0 heterocycles. The van der Waals surface area contributed by atoms with Crippen molar-refractivity contribution in [1.29, 1.82) is 0 Å². The first-order valence-corrected chi connectivity index (χ1v) is 7.94. The van der Waals surface area contributed by atoms with Gasteiger partial charge in [-0.25, -0.2) is 0 Å². The number of nitrogens with one attached hydrogen (secondary N) is 1. The van der Waals surface area contributed by atoms with Crippen LogP contribution in [0.1, 0.15) is 59.3 Å². The lowest BCUT2D eigenvalue weighted by Gasteiger charge is -2.26. The van der Waals surface area contributed by atoms with Crippen LogP contribution in [-0.4, -0.2) is 42.6 Å². The standard InChI is InChI=1S/C15H32N4.HI/c1-4-5-6-7-10-17-15(16)18-11-12-19(13(2)3)14-8-9-14;/h13-14H,4-12H2,1-3H3,(H3,16,17,18);1H. The van der Waals surface area contributed by atoms with Crippen LogP contribution < -0.4 is 11.1 Å². The van der Waals surface area contributed by atoms with Gasteiger partial charge in [-0.05, 0) is 33.1 Å². The monoisotopic (exact) mass is 396 g/mol. The third kappa shape index (κ3) is 9.00. The van der Waals surface area contributed by atoms with Gasteiger partial charge in [-0.3, -0.25) is 9.89 Å². The highest BCUT2D eigenvalue weighted by Crippen LogP contribution is 2.27. The molecule has 0 unspecified atom stereocenters. The molecule has 4 nitrogen and oxygen atoms in total. The number of hydrogen-bond acceptors (Lipinski definition) is 2. The van der Waals surface area contributed by atoms with Crippen LogP contribution in [0.2, 0.25) is 0 Å². The summed E-state index contributed by atoms with van der Waals surface area (Å²) in [5, 5.41) is 3.23. The Hall–Kier alpha value is -0.0400. The van der Waals surface area contributed by atoms with Crippen LogP contribution in [0.25, 0.3) is 0 Å². The minimum Gasteiger partial charge on any atom is -0.370 e. The Labute approximate surface area is 142 Å².